The summed E-state index contributed by atoms with van der Waals surface area (Å²) in [5.74, 6) is -1.14. The highest BCUT2D eigenvalue weighted by Gasteiger charge is 2.17. The van der Waals surface area contributed by atoms with Gasteiger partial charge in [-0.2, -0.15) is 0 Å². The molecule has 0 aliphatic rings. The number of esters is 1. The van der Waals surface area contributed by atoms with Crippen LogP contribution in [0.5, 0.6) is 17.2 Å². The van der Waals surface area contributed by atoms with Gasteiger partial charge in [-0.15, -0.1) is 0 Å². The molecule has 0 fully saturated rings. The normalized spacial score (nSPS) is 10.0. The molecule has 0 aliphatic heterocycles. The lowest BCUT2D eigenvalue weighted by atomic mass is 10.1. The maximum atomic E-state index is 13.5. The number of methoxy groups -OCH3 is 3. The Labute approximate surface area is 172 Å². The van der Waals surface area contributed by atoms with Gasteiger partial charge in [-0.3, -0.25) is 14.9 Å². The van der Waals surface area contributed by atoms with Crippen molar-refractivity contribution < 1.29 is 37.7 Å². The Balaban J connectivity index is 1.87. The van der Waals surface area contributed by atoms with E-state index in [1.807, 2.05) is 5.32 Å². The maximum absolute atomic E-state index is 13.5. The smallest absolute Gasteiger partial charge is 0.326 e. The number of urea groups is 1. The van der Waals surface area contributed by atoms with Crippen molar-refractivity contribution in [1.29, 1.82) is 0 Å². The predicted octanol–water partition coefficient (Wildman–Crippen LogP) is 2.29. The topological polar surface area (TPSA) is 112 Å². The summed E-state index contributed by atoms with van der Waals surface area (Å²) in [5, 5.41) is 4.12. The average Bonchev–Trinajstić information content (AvgIpc) is 2.73. The van der Waals surface area contributed by atoms with Crippen molar-refractivity contribution in [2.24, 2.45) is 0 Å². The van der Waals surface area contributed by atoms with Crippen LogP contribution in [0, 0.1) is 5.82 Å². The molecule has 0 aromatic heterocycles. The summed E-state index contributed by atoms with van der Waals surface area (Å²) in [7, 11) is 4.33. The molecule has 3 amide bonds. The van der Waals surface area contributed by atoms with Gasteiger partial charge >= 0.3 is 12.0 Å². The van der Waals surface area contributed by atoms with Crippen LogP contribution in [0.1, 0.15) is 5.56 Å². The zero-order chi connectivity index (χ0) is 22.1. The summed E-state index contributed by atoms with van der Waals surface area (Å²) in [6.07, 6.45) is -0.175. The van der Waals surface area contributed by atoms with Crippen LogP contribution in [0.3, 0.4) is 0 Å². The van der Waals surface area contributed by atoms with Gasteiger partial charge in [0.25, 0.3) is 5.91 Å². The molecule has 0 saturated heterocycles. The second kappa shape index (κ2) is 10.6. The number of hydrogen-bond donors (Lipinski definition) is 2. The zero-order valence-electron chi connectivity index (χ0n) is 16.6. The third-order valence-electron chi connectivity index (χ3n) is 3.81. The molecule has 0 radical (unpaired) electrons. The summed E-state index contributed by atoms with van der Waals surface area (Å²) < 4.78 is 34.0. The van der Waals surface area contributed by atoms with Gasteiger partial charge in [0, 0.05) is 0 Å². The third-order valence-corrected chi connectivity index (χ3v) is 3.81. The molecule has 0 heterocycles. The number of amides is 3. The molecule has 0 saturated carbocycles. The number of hydrogen-bond acceptors (Lipinski definition) is 7. The molecule has 0 atom stereocenters. The van der Waals surface area contributed by atoms with Crippen molar-refractivity contribution in [2.75, 3.05) is 33.3 Å². The second-order valence-electron chi connectivity index (χ2n) is 5.85. The fourth-order valence-corrected chi connectivity index (χ4v) is 2.48. The maximum Gasteiger partial charge on any atom is 0.326 e. The number of carbonyl (C=O) groups is 3. The van der Waals surface area contributed by atoms with E-state index in [-0.39, 0.29) is 12.1 Å². The number of ether oxygens (including phenoxy) is 4. The number of anilines is 1. The van der Waals surface area contributed by atoms with Gasteiger partial charge in [0.05, 0.1) is 33.4 Å². The van der Waals surface area contributed by atoms with Gasteiger partial charge in [0.15, 0.2) is 18.1 Å². The van der Waals surface area contributed by atoms with Gasteiger partial charge in [-0.05, 0) is 29.8 Å². The Morgan fingerprint density at radius 2 is 1.60 bits per heavy atom. The van der Waals surface area contributed by atoms with Crippen molar-refractivity contribution in [3.05, 3.63) is 47.8 Å². The summed E-state index contributed by atoms with van der Waals surface area (Å²) in [6, 6.07) is 7.65. The molecule has 2 N–H and O–H groups in total. The number of carbonyl (C=O) groups excluding carboxylic acids is 3. The van der Waals surface area contributed by atoms with Crippen molar-refractivity contribution in [2.45, 2.75) is 6.42 Å². The molecule has 2 aromatic rings. The lowest BCUT2D eigenvalue weighted by molar-refractivity contribution is -0.147. The molecule has 2 aromatic carbocycles. The fourth-order valence-electron chi connectivity index (χ4n) is 2.48. The third kappa shape index (κ3) is 6.09. The highest BCUT2D eigenvalue weighted by molar-refractivity contribution is 6.01. The largest absolute Gasteiger partial charge is 0.493 e. The zero-order valence-corrected chi connectivity index (χ0v) is 16.6. The van der Waals surface area contributed by atoms with Gasteiger partial charge in [0.2, 0.25) is 5.75 Å². The summed E-state index contributed by atoms with van der Waals surface area (Å²) in [6.45, 7) is -0.687. The summed E-state index contributed by atoms with van der Waals surface area (Å²) in [5.41, 5.74) is 0.411. The second-order valence-corrected chi connectivity index (χ2v) is 5.85. The SMILES string of the molecule is COc1cc(CC(=O)OCC(=O)NC(=O)Nc2ccccc2F)cc(OC)c1OC. The molecule has 9 nitrogen and oxygen atoms in total. The molecule has 2 rings (SSSR count). The minimum absolute atomic E-state index is 0.0952. The average molecular weight is 420 g/mol. The Hall–Kier alpha value is -3.82. The van der Waals surface area contributed by atoms with Crippen LogP contribution in [0.2, 0.25) is 0 Å². The van der Waals surface area contributed by atoms with Gasteiger partial charge in [0.1, 0.15) is 5.82 Å². The Morgan fingerprint density at radius 1 is 0.967 bits per heavy atom. The molecule has 0 aliphatic carbocycles. The number of para-hydroxylation sites is 1. The van der Waals surface area contributed by atoms with Crippen LogP contribution in [-0.2, 0) is 20.7 Å². The van der Waals surface area contributed by atoms with Gasteiger partial charge in [-0.25, -0.2) is 9.18 Å². The molecule has 160 valence electrons. The molecule has 0 bridgehead atoms. The minimum Gasteiger partial charge on any atom is -0.493 e. The number of nitrogens with one attached hydrogen (secondary N) is 2. The quantitative estimate of drug-likeness (QED) is 0.630. The molecule has 30 heavy (non-hydrogen) atoms. The van der Waals surface area contributed by atoms with Crippen LogP contribution < -0.4 is 24.8 Å². The van der Waals surface area contributed by atoms with E-state index in [4.69, 9.17) is 18.9 Å². The first-order valence-electron chi connectivity index (χ1n) is 8.67. The summed E-state index contributed by atoms with van der Waals surface area (Å²) in [4.78, 5) is 35.5. The first kappa shape index (κ1) is 22.5. The van der Waals surface area contributed by atoms with E-state index in [0.717, 1.165) is 6.07 Å². The lowest BCUT2D eigenvalue weighted by Crippen LogP contribution is -2.37. The van der Waals surface area contributed by atoms with Gasteiger partial charge in [-0.1, -0.05) is 12.1 Å². The standard InChI is InChI=1S/C20H21FN2O7/c1-27-15-8-12(9-16(28-2)19(15)29-3)10-18(25)30-11-17(24)23-20(26)22-14-7-5-4-6-13(14)21/h4-9H,10-11H2,1-3H3,(H2,22,23,24,26). The van der Waals surface area contributed by atoms with Crippen LogP contribution >= 0.6 is 0 Å². The van der Waals surface area contributed by atoms with E-state index >= 15 is 0 Å². The fraction of sp³-hybridized carbons (Fsp3) is 0.250. The van der Waals surface area contributed by atoms with E-state index in [1.54, 1.807) is 12.1 Å². The number of rotatable bonds is 8. The molecular weight excluding hydrogens is 399 g/mol. The van der Waals surface area contributed by atoms with Crippen LogP contribution in [0.25, 0.3) is 0 Å². The number of halogens is 1. The minimum atomic E-state index is -0.953. The van der Waals surface area contributed by atoms with Crippen LogP contribution in [-0.4, -0.2) is 45.8 Å². The Kier molecular flexibility index (Phi) is 7.98. The van der Waals surface area contributed by atoms with Crippen molar-refractivity contribution in [3.8, 4) is 17.2 Å². The predicted molar refractivity (Wildman–Crippen MR) is 104 cm³/mol. The Bertz CT molecular complexity index is 908. The molecular formula is C20H21FN2O7. The van der Waals surface area contributed by atoms with E-state index in [2.05, 4.69) is 5.32 Å². The van der Waals surface area contributed by atoms with E-state index in [9.17, 15) is 18.8 Å². The van der Waals surface area contributed by atoms with E-state index < -0.39 is 30.3 Å². The van der Waals surface area contributed by atoms with E-state index in [1.165, 1.54) is 39.5 Å². The van der Waals surface area contributed by atoms with Gasteiger partial charge < -0.3 is 24.3 Å². The molecule has 0 unspecified atom stereocenters. The Morgan fingerprint density at radius 3 is 2.17 bits per heavy atom. The van der Waals surface area contributed by atoms with Crippen LogP contribution in [0.15, 0.2) is 36.4 Å². The van der Waals surface area contributed by atoms with E-state index in [0.29, 0.717) is 22.8 Å². The van der Waals surface area contributed by atoms with Crippen LogP contribution in [0.4, 0.5) is 14.9 Å². The molecule has 10 heteroatoms. The summed E-state index contributed by atoms with van der Waals surface area (Å²) >= 11 is 0. The van der Waals surface area contributed by atoms with Crippen molar-refractivity contribution >= 4 is 23.6 Å². The number of benzene rings is 2. The molecule has 0 spiro atoms. The van der Waals surface area contributed by atoms with Crippen molar-refractivity contribution in [1.82, 2.24) is 5.32 Å². The lowest BCUT2D eigenvalue weighted by Gasteiger charge is -2.14. The van der Waals surface area contributed by atoms with Crippen molar-refractivity contribution in [3.63, 3.8) is 0 Å². The first-order valence-corrected chi connectivity index (χ1v) is 8.67. The highest BCUT2D eigenvalue weighted by atomic mass is 19.1. The highest BCUT2D eigenvalue weighted by Crippen LogP contribution is 2.38. The monoisotopic (exact) mass is 420 g/mol. The first-order chi connectivity index (χ1) is 14.4. The number of imide groups is 1.